The average Bonchev–Trinajstić information content (AvgIpc) is 3.10. The summed E-state index contributed by atoms with van der Waals surface area (Å²) < 4.78 is 1.53. The van der Waals surface area contributed by atoms with Crippen LogP contribution in [0.4, 0.5) is 11.8 Å². The molecular formula is C17H15N7O2. The summed E-state index contributed by atoms with van der Waals surface area (Å²) in [5, 5.41) is 27.1. The second-order valence-electron chi connectivity index (χ2n) is 5.77. The molecule has 1 unspecified atom stereocenters. The minimum atomic E-state index is -0.537. The van der Waals surface area contributed by atoms with Crippen LogP contribution < -0.4 is 10.6 Å². The van der Waals surface area contributed by atoms with Crippen molar-refractivity contribution in [3.8, 4) is 5.75 Å². The Balaban J connectivity index is 1.77. The number of carbonyl (C=O) groups excluding carboxylic acids is 1. The molecule has 9 nitrogen and oxygen atoms in total. The number of aromatic hydroxyl groups is 1. The van der Waals surface area contributed by atoms with E-state index in [1.165, 1.54) is 4.68 Å². The molecule has 1 amide bonds. The van der Waals surface area contributed by atoms with Crippen LogP contribution in [0.1, 0.15) is 18.5 Å². The molecule has 0 radical (unpaired) electrons. The number of anilines is 2. The number of nitrogens with zero attached hydrogens (tertiary/aromatic N) is 5. The van der Waals surface area contributed by atoms with Crippen LogP contribution in [0.3, 0.4) is 0 Å². The molecule has 1 atom stereocenters. The molecule has 9 heteroatoms. The Morgan fingerprint density at radius 1 is 1.23 bits per heavy atom. The van der Waals surface area contributed by atoms with Gasteiger partial charge in [0.2, 0.25) is 5.95 Å². The molecule has 26 heavy (non-hydrogen) atoms. The van der Waals surface area contributed by atoms with Crippen molar-refractivity contribution < 1.29 is 9.90 Å². The van der Waals surface area contributed by atoms with Crippen molar-refractivity contribution >= 4 is 17.7 Å². The first kappa shape index (κ1) is 15.8. The van der Waals surface area contributed by atoms with Crippen molar-refractivity contribution in [2.45, 2.75) is 13.0 Å². The first-order valence-corrected chi connectivity index (χ1v) is 7.90. The first-order chi connectivity index (χ1) is 12.6. The highest BCUT2D eigenvalue weighted by Crippen LogP contribution is 2.35. The van der Waals surface area contributed by atoms with Crippen molar-refractivity contribution in [2.24, 2.45) is 0 Å². The number of allylic oxidation sites excluding steroid dienone is 1. The lowest BCUT2D eigenvalue weighted by Gasteiger charge is -2.27. The molecule has 0 saturated heterocycles. The molecule has 3 heterocycles. The smallest absolute Gasteiger partial charge is 0.257 e. The van der Waals surface area contributed by atoms with Crippen LogP contribution in [-0.2, 0) is 4.79 Å². The van der Waals surface area contributed by atoms with Gasteiger partial charge in [-0.3, -0.25) is 4.79 Å². The van der Waals surface area contributed by atoms with Crippen molar-refractivity contribution in [3.63, 3.8) is 0 Å². The third kappa shape index (κ3) is 2.75. The number of phenolic OH excluding ortho intramolecular Hbond substituents is 1. The Kier molecular flexibility index (Phi) is 3.81. The van der Waals surface area contributed by atoms with Gasteiger partial charge in [0.05, 0.1) is 5.57 Å². The Morgan fingerprint density at radius 3 is 2.77 bits per heavy atom. The van der Waals surface area contributed by atoms with Gasteiger partial charge in [-0.1, -0.05) is 23.3 Å². The van der Waals surface area contributed by atoms with Crippen LogP contribution in [0.5, 0.6) is 5.75 Å². The van der Waals surface area contributed by atoms with Gasteiger partial charge in [0.25, 0.3) is 5.91 Å². The van der Waals surface area contributed by atoms with Crippen molar-refractivity contribution in [3.05, 3.63) is 65.5 Å². The van der Waals surface area contributed by atoms with E-state index < -0.39 is 6.04 Å². The fourth-order valence-electron chi connectivity index (χ4n) is 2.89. The molecule has 2 aromatic heterocycles. The topological polar surface area (TPSA) is 118 Å². The van der Waals surface area contributed by atoms with Crippen LogP contribution in [0.25, 0.3) is 0 Å². The normalized spacial score (nSPS) is 16.0. The average molecular weight is 349 g/mol. The largest absolute Gasteiger partial charge is 0.508 e. The highest BCUT2D eigenvalue weighted by atomic mass is 16.3. The molecule has 1 aliphatic rings. The third-order valence-electron chi connectivity index (χ3n) is 4.07. The molecular weight excluding hydrogens is 334 g/mol. The Morgan fingerprint density at radius 2 is 2.04 bits per heavy atom. The van der Waals surface area contributed by atoms with Crippen LogP contribution in [0.15, 0.2) is 59.9 Å². The van der Waals surface area contributed by atoms with Crippen molar-refractivity contribution in [2.75, 3.05) is 10.6 Å². The fourth-order valence-corrected chi connectivity index (χ4v) is 2.89. The first-order valence-electron chi connectivity index (χ1n) is 7.90. The lowest BCUT2D eigenvalue weighted by molar-refractivity contribution is -0.113. The van der Waals surface area contributed by atoms with Crippen LogP contribution in [0.2, 0.25) is 0 Å². The molecule has 1 aliphatic heterocycles. The highest BCUT2D eigenvalue weighted by molar-refractivity contribution is 6.05. The monoisotopic (exact) mass is 349 g/mol. The van der Waals surface area contributed by atoms with Gasteiger partial charge >= 0.3 is 0 Å². The van der Waals surface area contributed by atoms with E-state index in [1.54, 1.807) is 55.6 Å². The van der Waals surface area contributed by atoms with Crippen molar-refractivity contribution in [1.82, 2.24) is 25.2 Å². The Bertz CT molecular complexity index is 980. The van der Waals surface area contributed by atoms with E-state index in [2.05, 4.69) is 31.1 Å². The van der Waals surface area contributed by atoms with Gasteiger partial charge < -0.3 is 15.7 Å². The summed E-state index contributed by atoms with van der Waals surface area (Å²) in [7, 11) is 0. The van der Waals surface area contributed by atoms with Gasteiger partial charge in [-0.25, -0.2) is 4.98 Å². The number of amides is 1. The highest BCUT2D eigenvalue weighted by Gasteiger charge is 2.34. The second kappa shape index (κ2) is 6.28. The van der Waals surface area contributed by atoms with E-state index in [0.29, 0.717) is 23.0 Å². The number of hydrogen-bond acceptors (Lipinski definition) is 7. The number of rotatable bonds is 3. The predicted octanol–water partition coefficient (Wildman–Crippen LogP) is 1.70. The number of aromatic nitrogens is 5. The lowest BCUT2D eigenvalue weighted by atomic mass is 9.95. The number of pyridine rings is 1. The third-order valence-corrected chi connectivity index (χ3v) is 4.07. The fraction of sp³-hybridized carbons (Fsp3) is 0.118. The van der Waals surface area contributed by atoms with Gasteiger partial charge in [-0.05, 0) is 47.2 Å². The summed E-state index contributed by atoms with van der Waals surface area (Å²) in [5.41, 5.74) is 1.86. The van der Waals surface area contributed by atoms with E-state index in [-0.39, 0.29) is 11.7 Å². The SMILES string of the molecule is CC1=C(C(=O)Nc2ccccn2)C(c2ccc(O)cc2)n2nnnc2N1. The summed E-state index contributed by atoms with van der Waals surface area (Å²) in [6.45, 7) is 1.79. The van der Waals surface area contributed by atoms with Crippen LogP contribution >= 0.6 is 0 Å². The summed E-state index contributed by atoms with van der Waals surface area (Å²) in [4.78, 5) is 17.1. The summed E-state index contributed by atoms with van der Waals surface area (Å²) in [6, 6.07) is 11.3. The van der Waals surface area contributed by atoms with E-state index in [9.17, 15) is 9.90 Å². The Labute approximate surface area is 148 Å². The number of tetrazole rings is 1. The molecule has 1 aromatic carbocycles. The number of carbonyl (C=O) groups is 1. The molecule has 0 saturated carbocycles. The van der Waals surface area contributed by atoms with Gasteiger partial charge in [0.15, 0.2) is 0 Å². The molecule has 0 aliphatic carbocycles. The number of fused-ring (bicyclic) bond motifs is 1. The van der Waals surface area contributed by atoms with Gasteiger partial charge in [-0.2, -0.15) is 4.68 Å². The molecule has 130 valence electrons. The zero-order valence-electron chi connectivity index (χ0n) is 13.8. The van der Waals surface area contributed by atoms with Gasteiger partial charge in [-0.15, -0.1) is 0 Å². The van der Waals surface area contributed by atoms with E-state index in [1.807, 2.05) is 0 Å². The minimum absolute atomic E-state index is 0.139. The standard InChI is InChI=1S/C17H15N7O2/c1-10-14(16(26)20-13-4-2-3-9-18-13)15(11-5-7-12(25)8-6-11)24-17(19-10)21-22-23-24/h2-9,15,25H,1H3,(H,18,20,26)(H,19,21,23). The zero-order valence-corrected chi connectivity index (χ0v) is 13.8. The molecule has 3 aromatic rings. The summed E-state index contributed by atoms with van der Waals surface area (Å²) >= 11 is 0. The number of phenols is 1. The lowest BCUT2D eigenvalue weighted by Crippen LogP contribution is -2.31. The summed E-state index contributed by atoms with van der Waals surface area (Å²) in [6.07, 6.45) is 1.60. The van der Waals surface area contributed by atoms with E-state index >= 15 is 0 Å². The minimum Gasteiger partial charge on any atom is -0.508 e. The summed E-state index contributed by atoms with van der Waals surface area (Å²) in [5.74, 6) is 0.715. The predicted molar refractivity (Wildman–Crippen MR) is 93.3 cm³/mol. The quantitative estimate of drug-likeness (QED) is 0.658. The second-order valence-corrected chi connectivity index (χ2v) is 5.77. The molecule has 0 fully saturated rings. The van der Waals surface area contributed by atoms with Gasteiger partial charge in [0, 0.05) is 11.9 Å². The Hall–Kier alpha value is -3.75. The molecule has 0 spiro atoms. The number of nitrogens with one attached hydrogen (secondary N) is 2. The van der Waals surface area contributed by atoms with Crippen molar-refractivity contribution in [1.29, 1.82) is 0 Å². The van der Waals surface area contributed by atoms with Gasteiger partial charge in [0.1, 0.15) is 17.6 Å². The molecule has 3 N–H and O–H groups in total. The maximum Gasteiger partial charge on any atom is 0.257 e. The maximum atomic E-state index is 13.0. The van der Waals surface area contributed by atoms with E-state index in [4.69, 9.17) is 0 Å². The van der Waals surface area contributed by atoms with E-state index in [0.717, 1.165) is 5.56 Å². The maximum absolute atomic E-state index is 13.0. The van der Waals surface area contributed by atoms with Crippen LogP contribution in [-0.4, -0.2) is 36.2 Å². The van der Waals surface area contributed by atoms with Crippen LogP contribution in [0, 0.1) is 0 Å². The number of benzene rings is 1. The zero-order chi connectivity index (χ0) is 18.1. The molecule has 0 bridgehead atoms. The number of hydrogen-bond donors (Lipinski definition) is 3. The molecule has 4 rings (SSSR count).